The number of carbonyl (C=O) groups excluding carboxylic acids is 1. The lowest BCUT2D eigenvalue weighted by Crippen LogP contribution is -2.46. The number of hydrogen-bond acceptors (Lipinski definition) is 3. The number of benzene rings is 1. The Morgan fingerprint density at radius 1 is 1.23 bits per heavy atom. The van der Waals surface area contributed by atoms with E-state index in [2.05, 4.69) is 17.4 Å². The molecular formula is C17H22N2O3. The van der Waals surface area contributed by atoms with Crippen molar-refractivity contribution in [1.29, 1.82) is 0 Å². The van der Waals surface area contributed by atoms with E-state index in [0.717, 1.165) is 19.5 Å². The molecule has 0 bridgehead atoms. The Hall–Kier alpha value is -1.88. The fraction of sp³-hybridized carbons (Fsp3) is 0.529. The van der Waals surface area contributed by atoms with Crippen LogP contribution in [-0.2, 0) is 9.59 Å². The lowest BCUT2D eigenvalue weighted by atomic mass is 9.82. The number of nitrogens with zero attached hydrogens (tertiary/aromatic N) is 1. The van der Waals surface area contributed by atoms with E-state index in [1.807, 2.05) is 23.1 Å². The van der Waals surface area contributed by atoms with Crippen LogP contribution < -0.4 is 5.32 Å². The van der Waals surface area contributed by atoms with Gasteiger partial charge in [0.2, 0.25) is 5.91 Å². The Labute approximate surface area is 130 Å². The summed E-state index contributed by atoms with van der Waals surface area (Å²) >= 11 is 0. The molecule has 2 fully saturated rings. The number of fused-ring (bicyclic) bond motifs is 1. The first-order valence-electron chi connectivity index (χ1n) is 7.93. The van der Waals surface area contributed by atoms with Crippen LogP contribution >= 0.6 is 0 Å². The predicted molar refractivity (Wildman–Crippen MR) is 82.5 cm³/mol. The molecule has 1 amide bonds. The van der Waals surface area contributed by atoms with Gasteiger partial charge >= 0.3 is 5.97 Å². The zero-order valence-electron chi connectivity index (χ0n) is 12.6. The average molecular weight is 302 g/mol. The van der Waals surface area contributed by atoms with Crippen LogP contribution in [0.1, 0.15) is 30.7 Å². The van der Waals surface area contributed by atoms with Gasteiger partial charge in [0.25, 0.3) is 0 Å². The van der Waals surface area contributed by atoms with Crippen molar-refractivity contribution >= 4 is 11.9 Å². The van der Waals surface area contributed by atoms with Gasteiger partial charge in [0.05, 0.1) is 6.42 Å². The van der Waals surface area contributed by atoms with Gasteiger partial charge in [-0.3, -0.25) is 9.59 Å². The Morgan fingerprint density at radius 3 is 2.73 bits per heavy atom. The summed E-state index contributed by atoms with van der Waals surface area (Å²) in [6.45, 7) is 2.55. The molecule has 118 valence electrons. The van der Waals surface area contributed by atoms with Crippen molar-refractivity contribution in [1.82, 2.24) is 10.2 Å². The summed E-state index contributed by atoms with van der Waals surface area (Å²) < 4.78 is 0. The molecule has 22 heavy (non-hydrogen) atoms. The standard InChI is InChI=1S/C17H22N2O3/c20-16(6-7-17(21)22)19-11-14(12-4-2-1-3-5-12)13-10-18-9-8-15(13)19/h1-5,13-15,18H,6-11H2,(H,21,22)/t13-,14-,15-/m1/s1. The Morgan fingerprint density at radius 2 is 2.00 bits per heavy atom. The molecule has 2 aliphatic rings. The van der Waals surface area contributed by atoms with Gasteiger partial charge in [0, 0.05) is 37.4 Å². The van der Waals surface area contributed by atoms with Crippen LogP contribution in [0.5, 0.6) is 0 Å². The summed E-state index contributed by atoms with van der Waals surface area (Å²) in [7, 11) is 0. The van der Waals surface area contributed by atoms with E-state index in [0.29, 0.717) is 18.4 Å². The molecule has 2 saturated heterocycles. The van der Waals surface area contributed by atoms with Gasteiger partial charge in [-0.1, -0.05) is 30.3 Å². The van der Waals surface area contributed by atoms with E-state index in [1.54, 1.807) is 0 Å². The molecule has 2 aliphatic heterocycles. The van der Waals surface area contributed by atoms with E-state index in [4.69, 9.17) is 5.11 Å². The minimum absolute atomic E-state index is 0.0160. The van der Waals surface area contributed by atoms with Crippen LogP contribution in [0.4, 0.5) is 0 Å². The van der Waals surface area contributed by atoms with E-state index in [1.165, 1.54) is 5.56 Å². The molecule has 5 nitrogen and oxygen atoms in total. The third-order valence-electron chi connectivity index (χ3n) is 4.90. The number of amides is 1. The van der Waals surface area contributed by atoms with E-state index in [-0.39, 0.29) is 24.8 Å². The van der Waals surface area contributed by atoms with Gasteiger partial charge in [0.1, 0.15) is 0 Å². The SMILES string of the molecule is O=C(O)CCC(=O)N1C[C@H](c2ccccc2)[C@H]2CNCC[C@H]21. The monoisotopic (exact) mass is 302 g/mol. The molecule has 3 atom stereocenters. The summed E-state index contributed by atoms with van der Waals surface area (Å²) in [5.41, 5.74) is 1.27. The van der Waals surface area contributed by atoms with Crippen LogP contribution in [0.15, 0.2) is 30.3 Å². The number of nitrogens with one attached hydrogen (secondary N) is 1. The van der Waals surface area contributed by atoms with Gasteiger partial charge in [-0.05, 0) is 18.5 Å². The summed E-state index contributed by atoms with van der Waals surface area (Å²) in [6, 6.07) is 10.6. The van der Waals surface area contributed by atoms with Gasteiger partial charge in [-0.25, -0.2) is 0 Å². The maximum absolute atomic E-state index is 12.4. The van der Waals surface area contributed by atoms with Crippen molar-refractivity contribution in [3.63, 3.8) is 0 Å². The maximum Gasteiger partial charge on any atom is 0.303 e. The van der Waals surface area contributed by atoms with Crippen molar-refractivity contribution in [3.05, 3.63) is 35.9 Å². The molecule has 3 rings (SSSR count). The first-order chi connectivity index (χ1) is 10.7. The largest absolute Gasteiger partial charge is 0.481 e. The fourth-order valence-electron chi connectivity index (χ4n) is 3.85. The highest BCUT2D eigenvalue weighted by molar-refractivity contribution is 5.81. The molecule has 0 saturated carbocycles. The van der Waals surface area contributed by atoms with Crippen molar-refractivity contribution in [3.8, 4) is 0 Å². The molecular weight excluding hydrogens is 280 g/mol. The Bertz CT molecular complexity index is 546. The Kier molecular flexibility index (Phi) is 4.43. The zero-order valence-corrected chi connectivity index (χ0v) is 12.6. The number of aliphatic carboxylic acids is 1. The third-order valence-corrected chi connectivity index (χ3v) is 4.90. The van der Waals surface area contributed by atoms with E-state index in [9.17, 15) is 9.59 Å². The number of carboxylic acids is 1. The first-order valence-corrected chi connectivity index (χ1v) is 7.93. The van der Waals surface area contributed by atoms with Gasteiger partial charge in [0.15, 0.2) is 0 Å². The molecule has 2 heterocycles. The molecule has 1 aromatic carbocycles. The van der Waals surface area contributed by atoms with Gasteiger partial charge in [-0.2, -0.15) is 0 Å². The van der Waals surface area contributed by atoms with Crippen LogP contribution in [0.2, 0.25) is 0 Å². The van der Waals surface area contributed by atoms with Gasteiger partial charge < -0.3 is 15.3 Å². The number of hydrogen-bond donors (Lipinski definition) is 2. The minimum Gasteiger partial charge on any atom is -0.481 e. The molecule has 2 N–H and O–H groups in total. The van der Waals surface area contributed by atoms with Crippen molar-refractivity contribution in [2.24, 2.45) is 5.92 Å². The van der Waals surface area contributed by atoms with Crippen LogP contribution in [0.3, 0.4) is 0 Å². The van der Waals surface area contributed by atoms with Crippen molar-refractivity contribution in [2.45, 2.75) is 31.2 Å². The summed E-state index contributed by atoms with van der Waals surface area (Å²) in [4.78, 5) is 25.1. The third kappa shape index (κ3) is 2.99. The number of rotatable bonds is 4. The second-order valence-corrected chi connectivity index (χ2v) is 6.18. The highest BCUT2D eigenvalue weighted by atomic mass is 16.4. The Balaban J connectivity index is 1.77. The number of piperidine rings is 1. The van der Waals surface area contributed by atoms with Crippen LogP contribution in [-0.4, -0.2) is 47.6 Å². The van der Waals surface area contributed by atoms with Crippen LogP contribution in [0.25, 0.3) is 0 Å². The number of carboxylic acid groups (broad SMARTS) is 1. The second kappa shape index (κ2) is 6.48. The molecule has 0 aliphatic carbocycles. The summed E-state index contributed by atoms with van der Waals surface area (Å²) in [6.07, 6.45) is 0.973. The van der Waals surface area contributed by atoms with Crippen molar-refractivity contribution in [2.75, 3.05) is 19.6 Å². The predicted octanol–water partition coefficient (Wildman–Crippen LogP) is 1.46. The molecule has 1 aromatic rings. The van der Waals surface area contributed by atoms with E-state index >= 15 is 0 Å². The molecule has 0 unspecified atom stereocenters. The lowest BCUT2D eigenvalue weighted by molar-refractivity contribution is -0.141. The lowest BCUT2D eigenvalue weighted by Gasteiger charge is -2.33. The molecule has 0 aromatic heterocycles. The highest BCUT2D eigenvalue weighted by Crippen LogP contribution is 2.40. The van der Waals surface area contributed by atoms with Gasteiger partial charge in [-0.15, -0.1) is 0 Å². The first kappa shape index (κ1) is 15.0. The molecule has 0 radical (unpaired) electrons. The summed E-state index contributed by atoms with van der Waals surface area (Å²) in [5.74, 6) is -0.163. The normalized spacial score (nSPS) is 27.5. The highest BCUT2D eigenvalue weighted by Gasteiger charge is 2.44. The molecule has 5 heteroatoms. The van der Waals surface area contributed by atoms with Crippen molar-refractivity contribution < 1.29 is 14.7 Å². The fourth-order valence-corrected chi connectivity index (χ4v) is 3.85. The minimum atomic E-state index is -0.908. The average Bonchev–Trinajstić information content (AvgIpc) is 2.93. The van der Waals surface area contributed by atoms with Crippen LogP contribution in [0, 0.1) is 5.92 Å². The number of likely N-dealkylation sites (tertiary alicyclic amines) is 1. The maximum atomic E-state index is 12.4. The second-order valence-electron chi connectivity index (χ2n) is 6.18. The number of carbonyl (C=O) groups is 2. The quantitative estimate of drug-likeness (QED) is 0.883. The topological polar surface area (TPSA) is 69.6 Å². The summed E-state index contributed by atoms with van der Waals surface area (Å²) in [5, 5.41) is 12.2. The van der Waals surface area contributed by atoms with E-state index < -0.39 is 5.97 Å². The zero-order chi connectivity index (χ0) is 15.5. The smallest absolute Gasteiger partial charge is 0.303 e. The molecule has 0 spiro atoms.